The first-order valence-electron chi connectivity index (χ1n) is 4.63. The van der Waals surface area contributed by atoms with Crippen molar-refractivity contribution in [3.8, 4) is 0 Å². The maximum absolute atomic E-state index is 12.0. The number of nitrogen functional groups attached to an aromatic ring is 1. The van der Waals surface area contributed by atoms with Crippen LogP contribution >= 0.6 is 11.3 Å². The van der Waals surface area contributed by atoms with Crippen molar-refractivity contribution < 1.29 is 4.79 Å². The highest BCUT2D eigenvalue weighted by molar-refractivity contribution is 7.12. The minimum absolute atomic E-state index is 0.0507. The summed E-state index contributed by atoms with van der Waals surface area (Å²) in [6, 6.07) is 9.11. The van der Waals surface area contributed by atoms with E-state index in [0.717, 1.165) is 10.4 Å². The molecule has 3 heteroatoms. The summed E-state index contributed by atoms with van der Waals surface area (Å²) in [5.74, 6) is 0.0507. The third-order valence-electron chi connectivity index (χ3n) is 2.25. The standard InChI is InChI=1S/C12H11NOS/c1-8-4-5-9(13)7-10(8)12(14)11-3-2-6-15-11/h2-7H,13H2,1H3. The largest absolute Gasteiger partial charge is 0.399 e. The summed E-state index contributed by atoms with van der Waals surface area (Å²) in [5.41, 5.74) is 7.95. The maximum atomic E-state index is 12.0. The van der Waals surface area contributed by atoms with E-state index < -0.39 is 0 Å². The van der Waals surface area contributed by atoms with Crippen molar-refractivity contribution in [1.29, 1.82) is 0 Å². The Kier molecular flexibility index (Phi) is 2.56. The van der Waals surface area contributed by atoms with E-state index in [1.54, 1.807) is 12.1 Å². The van der Waals surface area contributed by atoms with Gasteiger partial charge < -0.3 is 5.73 Å². The Morgan fingerprint density at radius 3 is 2.80 bits per heavy atom. The van der Waals surface area contributed by atoms with Gasteiger partial charge in [-0.2, -0.15) is 0 Å². The van der Waals surface area contributed by atoms with Crippen LogP contribution in [0.2, 0.25) is 0 Å². The molecule has 2 aromatic rings. The van der Waals surface area contributed by atoms with Crippen LogP contribution in [0, 0.1) is 6.92 Å². The highest BCUT2D eigenvalue weighted by Crippen LogP contribution is 2.19. The van der Waals surface area contributed by atoms with Crippen LogP contribution in [0.1, 0.15) is 20.8 Å². The topological polar surface area (TPSA) is 43.1 Å². The maximum Gasteiger partial charge on any atom is 0.203 e. The molecule has 76 valence electrons. The number of benzene rings is 1. The number of thiophene rings is 1. The summed E-state index contributed by atoms with van der Waals surface area (Å²) in [5, 5.41) is 1.90. The number of carbonyl (C=O) groups excluding carboxylic acids is 1. The van der Waals surface area contributed by atoms with Crippen molar-refractivity contribution >= 4 is 22.8 Å². The second-order valence-corrected chi connectivity index (χ2v) is 4.33. The molecular weight excluding hydrogens is 206 g/mol. The number of anilines is 1. The zero-order valence-corrected chi connectivity index (χ0v) is 9.17. The van der Waals surface area contributed by atoms with E-state index >= 15 is 0 Å². The molecule has 2 N–H and O–H groups in total. The van der Waals surface area contributed by atoms with Gasteiger partial charge in [-0.25, -0.2) is 0 Å². The van der Waals surface area contributed by atoms with Crippen LogP contribution in [-0.4, -0.2) is 5.78 Å². The number of hydrogen-bond donors (Lipinski definition) is 1. The van der Waals surface area contributed by atoms with Crippen LogP contribution in [-0.2, 0) is 0 Å². The fourth-order valence-electron chi connectivity index (χ4n) is 1.42. The molecule has 1 aromatic heterocycles. The Bertz CT molecular complexity index is 488. The van der Waals surface area contributed by atoms with Crippen LogP contribution in [0.25, 0.3) is 0 Å². The van der Waals surface area contributed by atoms with Crippen LogP contribution in [0.3, 0.4) is 0 Å². The summed E-state index contributed by atoms with van der Waals surface area (Å²) in [6.45, 7) is 1.92. The van der Waals surface area contributed by atoms with Gasteiger partial charge in [0.15, 0.2) is 0 Å². The van der Waals surface area contributed by atoms with Gasteiger partial charge in [0.2, 0.25) is 5.78 Å². The SMILES string of the molecule is Cc1ccc(N)cc1C(=O)c1cccs1. The lowest BCUT2D eigenvalue weighted by atomic mass is 10.0. The van der Waals surface area contributed by atoms with Gasteiger partial charge in [0, 0.05) is 11.3 Å². The van der Waals surface area contributed by atoms with Gasteiger partial charge in [0.05, 0.1) is 4.88 Å². The fraction of sp³-hybridized carbons (Fsp3) is 0.0833. The molecule has 0 fully saturated rings. The van der Waals surface area contributed by atoms with Crippen molar-refractivity contribution in [1.82, 2.24) is 0 Å². The summed E-state index contributed by atoms with van der Waals surface area (Å²) in [7, 11) is 0. The first-order valence-corrected chi connectivity index (χ1v) is 5.51. The molecule has 0 unspecified atom stereocenters. The Balaban J connectivity index is 2.46. The van der Waals surface area contributed by atoms with E-state index in [2.05, 4.69) is 0 Å². The quantitative estimate of drug-likeness (QED) is 0.621. The Hall–Kier alpha value is -1.61. The smallest absolute Gasteiger partial charge is 0.203 e. The Morgan fingerprint density at radius 1 is 1.33 bits per heavy atom. The molecule has 2 nitrogen and oxygen atoms in total. The van der Waals surface area contributed by atoms with Gasteiger partial charge in [-0.1, -0.05) is 12.1 Å². The van der Waals surface area contributed by atoms with Gasteiger partial charge in [-0.15, -0.1) is 11.3 Å². The molecule has 0 atom stereocenters. The van der Waals surface area contributed by atoms with E-state index in [1.165, 1.54) is 11.3 Å². The molecule has 2 rings (SSSR count). The minimum atomic E-state index is 0.0507. The van der Waals surface area contributed by atoms with E-state index in [4.69, 9.17) is 5.73 Å². The third-order valence-corrected chi connectivity index (χ3v) is 3.12. The van der Waals surface area contributed by atoms with Crippen molar-refractivity contribution in [2.75, 3.05) is 5.73 Å². The summed E-state index contributed by atoms with van der Waals surface area (Å²) >= 11 is 1.45. The molecule has 0 bridgehead atoms. The first kappa shape index (κ1) is 9.93. The fourth-order valence-corrected chi connectivity index (χ4v) is 2.10. The molecule has 0 saturated heterocycles. The highest BCUT2D eigenvalue weighted by atomic mass is 32.1. The van der Waals surface area contributed by atoms with Crippen molar-refractivity contribution in [3.05, 3.63) is 51.7 Å². The van der Waals surface area contributed by atoms with Gasteiger partial charge in [0.1, 0.15) is 0 Å². The average molecular weight is 217 g/mol. The zero-order chi connectivity index (χ0) is 10.8. The number of ketones is 1. The van der Waals surface area contributed by atoms with Gasteiger partial charge in [-0.3, -0.25) is 4.79 Å². The highest BCUT2D eigenvalue weighted by Gasteiger charge is 2.12. The lowest BCUT2D eigenvalue weighted by Crippen LogP contribution is -2.02. The predicted molar refractivity (Wildman–Crippen MR) is 63.3 cm³/mol. The summed E-state index contributed by atoms with van der Waals surface area (Å²) in [6.07, 6.45) is 0. The average Bonchev–Trinajstić information content (AvgIpc) is 2.74. The molecule has 0 radical (unpaired) electrons. The molecule has 0 aliphatic carbocycles. The second kappa shape index (κ2) is 3.87. The van der Waals surface area contributed by atoms with Crippen LogP contribution in [0.5, 0.6) is 0 Å². The van der Waals surface area contributed by atoms with E-state index in [9.17, 15) is 4.79 Å². The number of aryl methyl sites for hydroxylation is 1. The Morgan fingerprint density at radius 2 is 2.13 bits per heavy atom. The lowest BCUT2D eigenvalue weighted by molar-refractivity contribution is 0.104. The van der Waals surface area contributed by atoms with Gasteiger partial charge in [0.25, 0.3) is 0 Å². The van der Waals surface area contributed by atoms with Crippen LogP contribution in [0.4, 0.5) is 5.69 Å². The molecule has 1 heterocycles. The number of nitrogens with two attached hydrogens (primary N) is 1. The molecule has 15 heavy (non-hydrogen) atoms. The number of hydrogen-bond acceptors (Lipinski definition) is 3. The van der Waals surface area contributed by atoms with Crippen molar-refractivity contribution in [3.63, 3.8) is 0 Å². The van der Waals surface area contributed by atoms with E-state index in [-0.39, 0.29) is 5.78 Å². The van der Waals surface area contributed by atoms with E-state index in [1.807, 2.05) is 30.5 Å². The lowest BCUT2D eigenvalue weighted by Gasteiger charge is -2.04. The molecular formula is C12H11NOS. The minimum Gasteiger partial charge on any atom is -0.399 e. The normalized spacial score (nSPS) is 10.2. The molecule has 0 aliphatic rings. The van der Waals surface area contributed by atoms with Crippen LogP contribution < -0.4 is 5.73 Å². The summed E-state index contributed by atoms with van der Waals surface area (Å²) < 4.78 is 0. The monoisotopic (exact) mass is 217 g/mol. The predicted octanol–water partition coefficient (Wildman–Crippen LogP) is 2.87. The number of rotatable bonds is 2. The van der Waals surface area contributed by atoms with E-state index in [0.29, 0.717) is 11.3 Å². The number of carbonyl (C=O) groups is 1. The van der Waals surface area contributed by atoms with Crippen molar-refractivity contribution in [2.45, 2.75) is 6.92 Å². The molecule has 1 aromatic carbocycles. The molecule has 0 saturated carbocycles. The first-order chi connectivity index (χ1) is 7.18. The van der Waals surface area contributed by atoms with Gasteiger partial charge in [-0.05, 0) is 36.1 Å². The van der Waals surface area contributed by atoms with Gasteiger partial charge >= 0.3 is 0 Å². The molecule has 0 aliphatic heterocycles. The molecule has 0 amide bonds. The second-order valence-electron chi connectivity index (χ2n) is 3.38. The van der Waals surface area contributed by atoms with Crippen molar-refractivity contribution in [2.24, 2.45) is 0 Å². The summed E-state index contributed by atoms with van der Waals surface area (Å²) in [4.78, 5) is 12.8. The molecule has 0 spiro atoms. The van der Waals surface area contributed by atoms with Crippen LogP contribution in [0.15, 0.2) is 35.7 Å². The third kappa shape index (κ3) is 1.92. The Labute approximate surface area is 92.4 Å². The zero-order valence-electron chi connectivity index (χ0n) is 8.36.